The molecule has 0 saturated heterocycles. The van der Waals surface area contributed by atoms with Crippen LogP contribution in [0.25, 0.3) is 0 Å². The van der Waals surface area contributed by atoms with E-state index < -0.39 is 5.82 Å². The molecule has 1 aliphatic rings. The SMILES string of the molecule is CC.Cc1ccc(C(=O)NC2CCC2)c(F)c1. The molecule has 2 nitrogen and oxygen atoms in total. The van der Waals surface area contributed by atoms with Crippen molar-refractivity contribution >= 4 is 5.91 Å². The Bertz CT molecular complexity index is 386. The Kier molecular flexibility index (Phi) is 5.13. The molecule has 1 aromatic carbocycles. The van der Waals surface area contributed by atoms with E-state index in [2.05, 4.69) is 5.32 Å². The number of rotatable bonds is 2. The Morgan fingerprint density at radius 3 is 2.47 bits per heavy atom. The first-order valence-electron chi connectivity index (χ1n) is 6.24. The second kappa shape index (κ2) is 6.38. The molecule has 1 N–H and O–H groups in total. The van der Waals surface area contributed by atoms with Gasteiger partial charge in [-0.2, -0.15) is 0 Å². The maximum absolute atomic E-state index is 13.4. The molecule has 1 aromatic rings. The lowest BCUT2D eigenvalue weighted by atomic mass is 9.93. The monoisotopic (exact) mass is 237 g/mol. The highest BCUT2D eigenvalue weighted by Gasteiger charge is 2.21. The summed E-state index contributed by atoms with van der Waals surface area (Å²) in [6.45, 7) is 5.80. The summed E-state index contributed by atoms with van der Waals surface area (Å²) in [4.78, 5) is 11.6. The van der Waals surface area contributed by atoms with Crippen molar-refractivity contribution in [1.82, 2.24) is 5.32 Å². The third-order valence-corrected chi connectivity index (χ3v) is 2.81. The number of nitrogens with one attached hydrogen (secondary N) is 1. The number of aryl methyl sites for hydroxylation is 1. The van der Waals surface area contributed by atoms with E-state index in [4.69, 9.17) is 0 Å². The fraction of sp³-hybridized carbons (Fsp3) is 0.500. The minimum Gasteiger partial charge on any atom is -0.349 e. The summed E-state index contributed by atoms with van der Waals surface area (Å²) >= 11 is 0. The van der Waals surface area contributed by atoms with Gasteiger partial charge in [0.1, 0.15) is 5.82 Å². The molecule has 1 fully saturated rings. The Balaban J connectivity index is 0.000000686. The molecule has 1 saturated carbocycles. The van der Waals surface area contributed by atoms with Gasteiger partial charge in [0.05, 0.1) is 5.56 Å². The number of hydrogen-bond donors (Lipinski definition) is 1. The van der Waals surface area contributed by atoms with Crippen molar-refractivity contribution in [2.75, 3.05) is 0 Å². The molecule has 1 aliphatic carbocycles. The first-order valence-corrected chi connectivity index (χ1v) is 6.24. The van der Waals surface area contributed by atoms with Gasteiger partial charge in [-0.25, -0.2) is 4.39 Å². The van der Waals surface area contributed by atoms with Gasteiger partial charge in [0.2, 0.25) is 0 Å². The predicted molar refractivity (Wildman–Crippen MR) is 67.6 cm³/mol. The zero-order valence-electron chi connectivity index (χ0n) is 10.7. The maximum Gasteiger partial charge on any atom is 0.254 e. The van der Waals surface area contributed by atoms with Gasteiger partial charge in [0.15, 0.2) is 0 Å². The molecule has 0 bridgehead atoms. The van der Waals surface area contributed by atoms with Crippen LogP contribution < -0.4 is 5.32 Å². The summed E-state index contributed by atoms with van der Waals surface area (Å²) in [7, 11) is 0. The van der Waals surface area contributed by atoms with Crippen molar-refractivity contribution in [2.24, 2.45) is 0 Å². The quantitative estimate of drug-likeness (QED) is 0.838. The summed E-state index contributed by atoms with van der Waals surface area (Å²) in [6, 6.07) is 4.92. The van der Waals surface area contributed by atoms with E-state index in [1.807, 2.05) is 13.8 Å². The van der Waals surface area contributed by atoms with Crippen LogP contribution in [0, 0.1) is 12.7 Å². The van der Waals surface area contributed by atoms with Gasteiger partial charge in [0.25, 0.3) is 5.91 Å². The van der Waals surface area contributed by atoms with E-state index >= 15 is 0 Å². The van der Waals surface area contributed by atoms with Gasteiger partial charge in [-0.15, -0.1) is 0 Å². The van der Waals surface area contributed by atoms with Crippen molar-refractivity contribution in [3.8, 4) is 0 Å². The van der Waals surface area contributed by atoms with E-state index in [9.17, 15) is 9.18 Å². The average molecular weight is 237 g/mol. The van der Waals surface area contributed by atoms with Gasteiger partial charge in [-0.3, -0.25) is 4.79 Å². The molecule has 3 heteroatoms. The first kappa shape index (κ1) is 13.7. The Labute approximate surface area is 102 Å². The van der Waals surface area contributed by atoms with Gasteiger partial charge >= 0.3 is 0 Å². The minimum atomic E-state index is -0.438. The standard InChI is InChI=1S/C12H14FNO.C2H6/c1-8-5-6-10(11(13)7-8)12(15)14-9-3-2-4-9;1-2/h5-7,9H,2-4H2,1H3,(H,14,15);1-2H3. The van der Waals surface area contributed by atoms with Crippen molar-refractivity contribution in [3.05, 3.63) is 35.1 Å². The van der Waals surface area contributed by atoms with Crippen LogP contribution in [0.4, 0.5) is 4.39 Å². The van der Waals surface area contributed by atoms with E-state index in [1.165, 1.54) is 6.07 Å². The molecule has 94 valence electrons. The summed E-state index contributed by atoms with van der Waals surface area (Å²) in [5, 5.41) is 2.81. The van der Waals surface area contributed by atoms with Crippen LogP contribution in [-0.4, -0.2) is 11.9 Å². The van der Waals surface area contributed by atoms with Crippen LogP contribution in [0.15, 0.2) is 18.2 Å². The predicted octanol–water partition coefficient (Wildman–Crippen LogP) is 3.44. The van der Waals surface area contributed by atoms with E-state index in [-0.39, 0.29) is 17.5 Å². The van der Waals surface area contributed by atoms with Crippen LogP contribution in [0.2, 0.25) is 0 Å². The van der Waals surface area contributed by atoms with Crippen molar-refractivity contribution in [2.45, 2.75) is 46.1 Å². The smallest absolute Gasteiger partial charge is 0.254 e. The van der Waals surface area contributed by atoms with Gasteiger partial charge in [-0.1, -0.05) is 19.9 Å². The van der Waals surface area contributed by atoms with Gasteiger partial charge in [-0.05, 0) is 43.9 Å². The number of benzene rings is 1. The molecule has 0 aromatic heterocycles. The van der Waals surface area contributed by atoms with Gasteiger partial charge < -0.3 is 5.32 Å². The van der Waals surface area contributed by atoms with Crippen LogP contribution in [0.1, 0.15) is 49.0 Å². The Morgan fingerprint density at radius 2 is 2.00 bits per heavy atom. The lowest BCUT2D eigenvalue weighted by Crippen LogP contribution is -2.39. The van der Waals surface area contributed by atoms with Gasteiger partial charge in [0, 0.05) is 6.04 Å². The third kappa shape index (κ3) is 3.55. The maximum atomic E-state index is 13.4. The molecule has 17 heavy (non-hydrogen) atoms. The van der Waals surface area contributed by atoms with E-state index in [0.717, 1.165) is 24.8 Å². The number of halogens is 1. The largest absolute Gasteiger partial charge is 0.349 e. The zero-order chi connectivity index (χ0) is 12.8. The van der Waals surface area contributed by atoms with Crippen molar-refractivity contribution in [3.63, 3.8) is 0 Å². The minimum absolute atomic E-state index is 0.146. The fourth-order valence-electron chi connectivity index (χ4n) is 1.62. The highest BCUT2D eigenvalue weighted by atomic mass is 19.1. The topological polar surface area (TPSA) is 29.1 Å². The highest BCUT2D eigenvalue weighted by molar-refractivity contribution is 5.94. The summed E-state index contributed by atoms with van der Waals surface area (Å²) in [6.07, 6.45) is 3.18. The van der Waals surface area contributed by atoms with Crippen LogP contribution >= 0.6 is 0 Å². The number of carbonyl (C=O) groups excluding carboxylic acids is 1. The van der Waals surface area contributed by atoms with E-state index in [0.29, 0.717) is 0 Å². The average Bonchev–Trinajstić information content (AvgIpc) is 2.26. The lowest BCUT2D eigenvalue weighted by molar-refractivity contribution is 0.0913. The normalized spacial score (nSPS) is 14.4. The summed E-state index contributed by atoms with van der Waals surface area (Å²) in [5.41, 5.74) is 0.972. The molecule has 0 unspecified atom stereocenters. The number of carbonyl (C=O) groups is 1. The van der Waals surface area contributed by atoms with Crippen molar-refractivity contribution < 1.29 is 9.18 Å². The number of amides is 1. The molecule has 0 heterocycles. The first-order chi connectivity index (χ1) is 8.16. The summed E-state index contributed by atoms with van der Waals surface area (Å²) in [5.74, 6) is -0.732. The third-order valence-electron chi connectivity index (χ3n) is 2.81. The summed E-state index contributed by atoms with van der Waals surface area (Å²) < 4.78 is 13.4. The van der Waals surface area contributed by atoms with Crippen LogP contribution in [-0.2, 0) is 0 Å². The molecular weight excluding hydrogens is 217 g/mol. The van der Waals surface area contributed by atoms with E-state index in [1.54, 1.807) is 19.1 Å². The van der Waals surface area contributed by atoms with Crippen LogP contribution in [0.5, 0.6) is 0 Å². The molecule has 2 rings (SSSR count). The molecule has 0 spiro atoms. The molecular formula is C14H20FNO. The second-order valence-electron chi connectivity index (χ2n) is 4.08. The zero-order valence-corrected chi connectivity index (χ0v) is 10.7. The fourth-order valence-corrected chi connectivity index (χ4v) is 1.62. The second-order valence-corrected chi connectivity index (χ2v) is 4.08. The lowest BCUT2D eigenvalue weighted by Gasteiger charge is -2.26. The molecule has 0 aliphatic heterocycles. The number of hydrogen-bond acceptors (Lipinski definition) is 1. The van der Waals surface area contributed by atoms with Crippen LogP contribution in [0.3, 0.4) is 0 Å². The Morgan fingerprint density at radius 1 is 1.35 bits per heavy atom. The Hall–Kier alpha value is -1.38. The molecule has 0 radical (unpaired) electrons. The molecule has 1 amide bonds. The van der Waals surface area contributed by atoms with Crippen molar-refractivity contribution in [1.29, 1.82) is 0 Å². The molecule has 0 atom stereocenters. The highest BCUT2D eigenvalue weighted by Crippen LogP contribution is 2.19.